The Morgan fingerprint density at radius 2 is 1.12 bits per heavy atom. The van der Waals surface area contributed by atoms with Gasteiger partial charge in [-0.2, -0.15) is 0 Å². The largest absolute Gasteiger partial charge is 0.472 e. The van der Waals surface area contributed by atoms with Crippen LogP contribution in [0.3, 0.4) is 0 Å². The van der Waals surface area contributed by atoms with Gasteiger partial charge in [-0.25, -0.2) is 4.57 Å². The van der Waals surface area contributed by atoms with E-state index in [1.54, 1.807) is 0 Å². The second kappa shape index (κ2) is 39.3. The van der Waals surface area contributed by atoms with Crippen LogP contribution in [0.5, 0.6) is 0 Å². The maximum Gasteiger partial charge on any atom is 0.472 e. The maximum absolute atomic E-state index is 12.6. The van der Waals surface area contributed by atoms with Gasteiger partial charge in [0, 0.05) is 19.4 Å². The molecular weight excluding hydrogens is 753 g/mol. The molecular formula is C47H86NO9P. The van der Waals surface area contributed by atoms with Crippen LogP contribution in [0.4, 0.5) is 0 Å². The number of rotatable bonds is 43. The number of ether oxygens (including phenoxy) is 3. The van der Waals surface area contributed by atoms with E-state index >= 15 is 0 Å². The number of unbranched alkanes of at least 4 members (excludes halogenated alkanes) is 21. The molecule has 1 aliphatic rings. The van der Waals surface area contributed by atoms with Crippen molar-refractivity contribution in [2.24, 2.45) is 5.73 Å². The van der Waals surface area contributed by atoms with Crippen LogP contribution in [0.25, 0.3) is 0 Å². The molecule has 0 spiro atoms. The zero-order valence-corrected chi connectivity index (χ0v) is 37.9. The van der Waals surface area contributed by atoms with Gasteiger partial charge in [-0.1, -0.05) is 185 Å². The normalized spacial score (nSPS) is 17.0. The topological polar surface area (TPSA) is 147 Å². The Kier molecular flexibility index (Phi) is 36.8. The Bertz CT molecular complexity index is 1110. The van der Waals surface area contributed by atoms with E-state index in [-0.39, 0.29) is 32.6 Å². The molecule has 0 aromatic carbocycles. The number of esters is 2. The van der Waals surface area contributed by atoms with E-state index in [1.807, 2.05) is 6.08 Å². The fourth-order valence-corrected chi connectivity index (χ4v) is 7.61. The first-order valence-corrected chi connectivity index (χ1v) is 25.1. The van der Waals surface area contributed by atoms with E-state index < -0.39 is 32.5 Å². The highest BCUT2D eigenvalue weighted by atomic mass is 31.2. The molecule has 1 heterocycles. The number of phosphoric ester groups is 1. The molecule has 1 saturated heterocycles. The summed E-state index contributed by atoms with van der Waals surface area (Å²) >= 11 is 0. The fraction of sp³-hybridized carbons (Fsp3) is 0.830. The Balaban J connectivity index is 2.16. The van der Waals surface area contributed by atoms with Crippen LogP contribution in [0.1, 0.15) is 206 Å². The number of carbonyl (C=O) groups is 2. The molecule has 58 heavy (non-hydrogen) atoms. The lowest BCUT2D eigenvalue weighted by molar-refractivity contribution is -0.161. The van der Waals surface area contributed by atoms with Gasteiger partial charge < -0.3 is 24.8 Å². The van der Waals surface area contributed by atoms with Crippen molar-refractivity contribution in [3.63, 3.8) is 0 Å². The number of carbonyl (C=O) groups excluding carboxylic acids is 2. The standard InChI is InChI=1S/C47H86NO9P/c1-3-5-7-8-9-10-11-12-13-14-15-16-17-18-19-23-26-29-33-37-46(49)53-41-43(42-55-58(51,52)54-40-39-48)56-47(50)38-34-30-27-24-21-20-22-25-28-32-36-45-44(57-45)35-31-6-4-2/h20,22,24,27-28,32,43-45H,3-19,21,23,25-26,29-31,33-42,48H2,1-2H3,(H,51,52)/b22-20-,27-24-,32-28-/t43-,44?,45?/m1/s1. The summed E-state index contributed by atoms with van der Waals surface area (Å²) in [6.07, 6.45) is 46.5. The molecule has 4 atom stereocenters. The van der Waals surface area contributed by atoms with E-state index in [1.165, 1.54) is 128 Å². The van der Waals surface area contributed by atoms with Gasteiger partial charge in [-0.05, 0) is 44.9 Å². The number of hydrogen-bond acceptors (Lipinski definition) is 9. The van der Waals surface area contributed by atoms with Crippen molar-refractivity contribution in [3.05, 3.63) is 36.5 Å². The molecule has 0 saturated carbocycles. The SMILES string of the molecule is CCCCCCCCCCCCCCCCCCCCCC(=O)OC[C@H](COP(=O)(O)OCCN)OC(=O)CCC/C=C\C/C=C\C/C=C\CC1OC1CCCCC. The van der Waals surface area contributed by atoms with E-state index in [4.69, 9.17) is 29.0 Å². The van der Waals surface area contributed by atoms with Crippen molar-refractivity contribution in [2.75, 3.05) is 26.4 Å². The first kappa shape index (κ1) is 54.2. The molecule has 1 fully saturated rings. The predicted octanol–water partition coefficient (Wildman–Crippen LogP) is 12.7. The number of epoxide rings is 1. The summed E-state index contributed by atoms with van der Waals surface area (Å²) in [7, 11) is -4.40. The zero-order chi connectivity index (χ0) is 42.2. The number of nitrogens with two attached hydrogens (primary N) is 1. The molecule has 3 N–H and O–H groups in total. The predicted molar refractivity (Wildman–Crippen MR) is 238 cm³/mol. The van der Waals surface area contributed by atoms with Crippen molar-refractivity contribution in [1.82, 2.24) is 0 Å². The monoisotopic (exact) mass is 840 g/mol. The minimum absolute atomic E-state index is 0.0434. The molecule has 10 nitrogen and oxygen atoms in total. The second-order valence-corrected chi connectivity index (χ2v) is 17.5. The molecule has 0 radical (unpaired) electrons. The third kappa shape index (κ3) is 36.1. The van der Waals surface area contributed by atoms with Crippen LogP contribution in [-0.4, -0.2) is 61.5 Å². The summed E-state index contributed by atoms with van der Waals surface area (Å²) in [6, 6.07) is 0. The van der Waals surface area contributed by atoms with Crippen LogP contribution in [0.2, 0.25) is 0 Å². The lowest BCUT2D eigenvalue weighted by atomic mass is 10.0. The number of hydrogen-bond donors (Lipinski definition) is 2. The molecule has 1 rings (SSSR count). The number of phosphoric acid groups is 1. The lowest BCUT2D eigenvalue weighted by Crippen LogP contribution is -2.29. The fourth-order valence-electron chi connectivity index (χ4n) is 6.84. The minimum atomic E-state index is -4.40. The Morgan fingerprint density at radius 1 is 0.621 bits per heavy atom. The van der Waals surface area contributed by atoms with Crippen LogP contribution < -0.4 is 5.73 Å². The van der Waals surface area contributed by atoms with Crippen molar-refractivity contribution in [2.45, 2.75) is 225 Å². The van der Waals surface area contributed by atoms with Crippen molar-refractivity contribution >= 4 is 19.8 Å². The van der Waals surface area contributed by atoms with Gasteiger partial charge in [0.25, 0.3) is 0 Å². The summed E-state index contributed by atoms with van der Waals surface area (Å²) in [6.45, 7) is 3.66. The first-order valence-electron chi connectivity index (χ1n) is 23.6. The molecule has 0 amide bonds. The summed E-state index contributed by atoms with van der Waals surface area (Å²) in [4.78, 5) is 34.9. The average Bonchev–Trinajstić information content (AvgIpc) is 3.97. The van der Waals surface area contributed by atoms with E-state index in [9.17, 15) is 19.0 Å². The van der Waals surface area contributed by atoms with Crippen LogP contribution in [0, 0.1) is 0 Å². The molecule has 11 heteroatoms. The number of allylic oxidation sites excluding steroid dienone is 5. The van der Waals surface area contributed by atoms with Gasteiger partial charge in [-0.15, -0.1) is 0 Å². The van der Waals surface area contributed by atoms with Gasteiger partial charge in [0.1, 0.15) is 6.61 Å². The molecule has 0 aromatic rings. The van der Waals surface area contributed by atoms with Crippen LogP contribution >= 0.6 is 7.82 Å². The molecule has 338 valence electrons. The quantitative estimate of drug-likeness (QED) is 0.0200. The molecule has 0 bridgehead atoms. The highest BCUT2D eigenvalue weighted by Crippen LogP contribution is 2.43. The van der Waals surface area contributed by atoms with Crippen molar-refractivity contribution < 1.29 is 42.3 Å². The highest BCUT2D eigenvalue weighted by molar-refractivity contribution is 7.47. The molecule has 3 unspecified atom stereocenters. The summed E-state index contributed by atoms with van der Waals surface area (Å²) in [5.74, 6) is -0.892. The van der Waals surface area contributed by atoms with Gasteiger partial charge >= 0.3 is 19.8 Å². The van der Waals surface area contributed by atoms with Crippen LogP contribution in [0.15, 0.2) is 36.5 Å². The summed E-state index contributed by atoms with van der Waals surface area (Å²) < 4.78 is 38.5. The Morgan fingerprint density at radius 3 is 1.69 bits per heavy atom. The van der Waals surface area contributed by atoms with Gasteiger partial charge in [0.2, 0.25) is 0 Å². The van der Waals surface area contributed by atoms with E-state index in [0.29, 0.717) is 25.0 Å². The summed E-state index contributed by atoms with van der Waals surface area (Å²) in [5, 5.41) is 0. The van der Waals surface area contributed by atoms with Gasteiger partial charge in [0.05, 0.1) is 25.4 Å². The molecule has 0 aliphatic carbocycles. The molecule has 0 aromatic heterocycles. The Labute approximate surface area is 354 Å². The van der Waals surface area contributed by atoms with E-state index in [0.717, 1.165) is 38.5 Å². The minimum Gasteiger partial charge on any atom is -0.462 e. The highest BCUT2D eigenvalue weighted by Gasteiger charge is 2.36. The van der Waals surface area contributed by atoms with Crippen molar-refractivity contribution in [3.8, 4) is 0 Å². The summed E-state index contributed by atoms with van der Waals surface area (Å²) in [5.41, 5.74) is 5.35. The van der Waals surface area contributed by atoms with E-state index in [2.05, 4.69) is 44.2 Å². The van der Waals surface area contributed by atoms with Gasteiger partial charge in [0.15, 0.2) is 6.10 Å². The third-order valence-electron chi connectivity index (χ3n) is 10.5. The smallest absolute Gasteiger partial charge is 0.462 e. The average molecular weight is 840 g/mol. The lowest BCUT2D eigenvalue weighted by Gasteiger charge is -2.19. The third-order valence-corrected chi connectivity index (χ3v) is 11.4. The Hall–Kier alpha value is -1.81. The first-order chi connectivity index (χ1) is 28.3. The van der Waals surface area contributed by atoms with Crippen molar-refractivity contribution in [1.29, 1.82) is 0 Å². The van der Waals surface area contributed by atoms with Gasteiger partial charge in [-0.3, -0.25) is 18.6 Å². The zero-order valence-electron chi connectivity index (χ0n) is 37.0. The van der Waals surface area contributed by atoms with Crippen LogP contribution in [-0.2, 0) is 37.4 Å². The maximum atomic E-state index is 12.6. The molecule has 1 aliphatic heterocycles. The second-order valence-electron chi connectivity index (χ2n) is 16.0.